The van der Waals surface area contributed by atoms with Crippen molar-refractivity contribution < 1.29 is 4.79 Å². The number of pyridine rings is 2. The maximum atomic E-state index is 14.3. The van der Waals surface area contributed by atoms with Crippen LogP contribution in [0.5, 0.6) is 0 Å². The van der Waals surface area contributed by atoms with Gasteiger partial charge in [0.05, 0.1) is 11.6 Å². The number of likely N-dealkylation sites (tertiary alicyclic amines) is 1. The Morgan fingerprint density at radius 2 is 1.79 bits per heavy atom. The van der Waals surface area contributed by atoms with E-state index in [4.69, 9.17) is 4.98 Å². The number of anilines is 3. The van der Waals surface area contributed by atoms with E-state index in [9.17, 15) is 9.59 Å². The molecule has 10 heteroatoms. The Hall–Kier alpha value is -4.31. The van der Waals surface area contributed by atoms with Crippen molar-refractivity contribution in [1.29, 1.82) is 0 Å². The summed E-state index contributed by atoms with van der Waals surface area (Å²) >= 11 is 0. The Balaban J connectivity index is 1.40. The molecule has 1 aromatic carbocycles. The minimum Gasteiger partial charge on any atom is -0.369 e. The molecule has 0 saturated carbocycles. The van der Waals surface area contributed by atoms with Gasteiger partial charge >= 0.3 is 0 Å². The first-order valence-corrected chi connectivity index (χ1v) is 14.7. The van der Waals surface area contributed by atoms with E-state index in [0.717, 1.165) is 61.2 Å². The molecule has 2 saturated heterocycles. The number of hydrogen-bond acceptors (Lipinski definition) is 8. The van der Waals surface area contributed by atoms with Gasteiger partial charge in [0.1, 0.15) is 5.65 Å². The van der Waals surface area contributed by atoms with Crippen molar-refractivity contribution in [1.82, 2.24) is 29.3 Å². The fourth-order valence-electron chi connectivity index (χ4n) is 6.31. The van der Waals surface area contributed by atoms with Crippen LogP contribution in [-0.2, 0) is 4.79 Å². The highest BCUT2D eigenvalue weighted by molar-refractivity contribution is 5.87. The number of likely N-dealkylation sites (N-methyl/N-ethyl adjacent to an activating group) is 1. The van der Waals surface area contributed by atoms with E-state index in [1.54, 1.807) is 30.1 Å². The standard InChI is InChI=1S/C32H38N8O2/c1-21-18-25(7-8-28(21)38-16-14-37(4)15-17-38)35-32-34-19-27-22(2)29(24-9-11-33-12-10-24)31(42)40(30(27)36-32)26-6-5-13-39(20-26)23(3)41/h7-12,18-19,26H,5-6,13-17,20H2,1-4H3,(H,34,35,36)/t26-/m0/s1. The molecule has 0 bridgehead atoms. The Bertz CT molecular complexity index is 1680. The monoisotopic (exact) mass is 566 g/mol. The summed E-state index contributed by atoms with van der Waals surface area (Å²) in [6, 6.07) is 9.86. The predicted molar refractivity (Wildman–Crippen MR) is 166 cm³/mol. The summed E-state index contributed by atoms with van der Waals surface area (Å²) in [6.07, 6.45) is 6.81. The van der Waals surface area contributed by atoms with Crippen LogP contribution in [0, 0.1) is 13.8 Å². The molecule has 2 aliphatic heterocycles. The molecule has 3 aromatic heterocycles. The summed E-state index contributed by atoms with van der Waals surface area (Å²) in [6.45, 7) is 11.0. The number of piperidine rings is 1. The van der Waals surface area contributed by atoms with Gasteiger partial charge in [0.25, 0.3) is 5.56 Å². The first-order valence-electron chi connectivity index (χ1n) is 14.7. The van der Waals surface area contributed by atoms with Crippen molar-refractivity contribution in [2.75, 3.05) is 56.5 Å². The highest BCUT2D eigenvalue weighted by Gasteiger charge is 2.28. The Kier molecular flexibility index (Phi) is 7.64. The van der Waals surface area contributed by atoms with Gasteiger partial charge in [0.2, 0.25) is 11.9 Å². The molecule has 2 fully saturated rings. The molecule has 0 radical (unpaired) electrons. The molecule has 10 nitrogen and oxygen atoms in total. The van der Waals surface area contributed by atoms with Crippen LogP contribution in [-0.4, -0.2) is 81.5 Å². The van der Waals surface area contributed by atoms with Crippen molar-refractivity contribution in [2.24, 2.45) is 0 Å². The predicted octanol–water partition coefficient (Wildman–Crippen LogP) is 4.15. The number of amides is 1. The third-order valence-electron chi connectivity index (χ3n) is 8.68. The van der Waals surface area contributed by atoms with Crippen LogP contribution < -0.4 is 15.8 Å². The first kappa shape index (κ1) is 27.8. The molecule has 0 aliphatic carbocycles. The summed E-state index contributed by atoms with van der Waals surface area (Å²) in [5, 5.41) is 4.19. The second-order valence-electron chi connectivity index (χ2n) is 11.5. The summed E-state index contributed by atoms with van der Waals surface area (Å²) in [7, 11) is 2.16. The lowest BCUT2D eigenvalue weighted by Gasteiger charge is -2.35. The van der Waals surface area contributed by atoms with Gasteiger partial charge in [0.15, 0.2) is 0 Å². The summed E-state index contributed by atoms with van der Waals surface area (Å²) < 4.78 is 1.79. The maximum absolute atomic E-state index is 14.3. The molecule has 218 valence electrons. The number of nitrogens with one attached hydrogen (secondary N) is 1. The zero-order valence-electron chi connectivity index (χ0n) is 24.8. The average Bonchev–Trinajstić information content (AvgIpc) is 2.99. The zero-order valence-corrected chi connectivity index (χ0v) is 24.8. The van der Waals surface area contributed by atoms with Crippen molar-refractivity contribution in [3.05, 3.63) is 70.4 Å². The third kappa shape index (κ3) is 5.34. The topological polar surface area (TPSA) is 99.5 Å². The molecule has 1 N–H and O–H groups in total. The number of aryl methyl sites for hydroxylation is 2. The normalized spacial score (nSPS) is 18.0. The van der Waals surface area contributed by atoms with Gasteiger partial charge in [0, 0.05) is 81.5 Å². The Morgan fingerprint density at radius 3 is 2.50 bits per heavy atom. The number of aromatic nitrogens is 4. The van der Waals surface area contributed by atoms with E-state index in [0.29, 0.717) is 30.2 Å². The average molecular weight is 567 g/mol. The number of piperazine rings is 1. The van der Waals surface area contributed by atoms with Crippen LogP contribution in [0.4, 0.5) is 17.3 Å². The number of hydrogen-bond donors (Lipinski definition) is 1. The van der Waals surface area contributed by atoms with Gasteiger partial charge in [-0.05, 0) is 80.8 Å². The second kappa shape index (κ2) is 11.5. The molecule has 6 rings (SSSR count). The van der Waals surface area contributed by atoms with Crippen LogP contribution in [0.15, 0.2) is 53.7 Å². The lowest BCUT2D eigenvalue weighted by Crippen LogP contribution is -2.44. The van der Waals surface area contributed by atoms with Gasteiger partial charge in [-0.15, -0.1) is 0 Å². The molecule has 1 amide bonds. The molecule has 5 heterocycles. The van der Waals surface area contributed by atoms with E-state index in [1.807, 2.05) is 24.0 Å². The third-order valence-corrected chi connectivity index (χ3v) is 8.68. The molecule has 1 atom stereocenters. The molecule has 0 unspecified atom stereocenters. The molecule has 0 spiro atoms. The minimum atomic E-state index is -0.188. The number of rotatable bonds is 5. The van der Waals surface area contributed by atoms with Crippen molar-refractivity contribution in [3.63, 3.8) is 0 Å². The maximum Gasteiger partial charge on any atom is 0.260 e. The minimum absolute atomic E-state index is 0.0193. The quantitative estimate of drug-likeness (QED) is 0.385. The SMILES string of the molecule is CC(=O)N1CCC[C@H](n2c(=O)c(-c3ccncc3)c(C)c3cnc(Nc4ccc(N5CCN(C)CC5)c(C)c4)nc32)C1. The Labute approximate surface area is 246 Å². The van der Waals surface area contributed by atoms with Crippen LogP contribution in [0.2, 0.25) is 0 Å². The number of fused-ring (bicyclic) bond motifs is 1. The van der Waals surface area contributed by atoms with Crippen molar-refractivity contribution in [2.45, 2.75) is 39.7 Å². The second-order valence-corrected chi connectivity index (χ2v) is 11.5. The van der Waals surface area contributed by atoms with Gasteiger partial charge in [-0.2, -0.15) is 4.98 Å². The van der Waals surface area contributed by atoms with E-state index in [-0.39, 0.29) is 17.5 Å². The highest BCUT2D eigenvalue weighted by atomic mass is 16.2. The van der Waals surface area contributed by atoms with Crippen molar-refractivity contribution >= 4 is 34.3 Å². The summed E-state index contributed by atoms with van der Waals surface area (Å²) in [5.41, 5.74) is 6.04. The molecule has 42 heavy (non-hydrogen) atoms. The highest BCUT2D eigenvalue weighted by Crippen LogP contribution is 2.31. The number of nitrogens with zero attached hydrogens (tertiary/aromatic N) is 7. The van der Waals surface area contributed by atoms with Crippen molar-refractivity contribution in [3.8, 4) is 11.1 Å². The van der Waals surface area contributed by atoms with Crippen LogP contribution in [0.1, 0.15) is 36.9 Å². The largest absolute Gasteiger partial charge is 0.369 e. The fraction of sp³-hybridized carbons (Fsp3) is 0.406. The fourth-order valence-corrected chi connectivity index (χ4v) is 6.31. The zero-order chi connectivity index (χ0) is 29.4. The molecule has 2 aliphatic rings. The van der Waals surface area contributed by atoms with Gasteiger partial charge in [-0.3, -0.25) is 19.1 Å². The first-order chi connectivity index (χ1) is 20.3. The van der Waals surface area contributed by atoms with Gasteiger partial charge in [-0.1, -0.05) is 0 Å². The number of carbonyl (C=O) groups is 1. The van der Waals surface area contributed by atoms with E-state index >= 15 is 0 Å². The number of benzene rings is 1. The van der Waals surface area contributed by atoms with E-state index in [2.05, 4.69) is 57.3 Å². The lowest BCUT2D eigenvalue weighted by molar-refractivity contribution is -0.130. The van der Waals surface area contributed by atoms with Gasteiger partial charge in [-0.25, -0.2) is 4.98 Å². The Morgan fingerprint density at radius 1 is 1.02 bits per heavy atom. The van der Waals surface area contributed by atoms with E-state index in [1.165, 1.54) is 11.3 Å². The summed E-state index contributed by atoms with van der Waals surface area (Å²) in [4.78, 5) is 46.9. The lowest BCUT2D eigenvalue weighted by atomic mass is 9.99. The van der Waals surface area contributed by atoms with Gasteiger partial charge < -0.3 is 20.0 Å². The van der Waals surface area contributed by atoms with Crippen LogP contribution in [0.3, 0.4) is 0 Å². The molecule has 4 aromatic rings. The molecular weight excluding hydrogens is 528 g/mol. The smallest absolute Gasteiger partial charge is 0.260 e. The van der Waals surface area contributed by atoms with Crippen LogP contribution in [0.25, 0.3) is 22.2 Å². The summed E-state index contributed by atoms with van der Waals surface area (Å²) in [5.74, 6) is 0.448. The van der Waals surface area contributed by atoms with E-state index < -0.39 is 0 Å². The van der Waals surface area contributed by atoms with Crippen LogP contribution >= 0.6 is 0 Å². The molecular formula is C32H38N8O2. The number of carbonyl (C=O) groups excluding carboxylic acids is 1.